The fourth-order valence-electron chi connectivity index (χ4n) is 2.50. The molecule has 0 atom stereocenters. The Morgan fingerprint density at radius 3 is 1.12 bits per heavy atom. The highest BCUT2D eigenvalue weighted by Gasteiger charge is 2.17. The average molecular weight is 276 g/mol. The van der Waals surface area contributed by atoms with Gasteiger partial charge in [-0.3, -0.25) is 0 Å². The zero-order chi connectivity index (χ0) is 10.3. The number of rotatable bonds is 0. The SMILES string of the molecule is c1sc2scc3c4csc5scc(c1c23)c54. The van der Waals surface area contributed by atoms with Crippen molar-refractivity contribution in [3.8, 4) is 0 Å². The van der Waals surface area contributed by atoms with Crippen molar-refractivity contribution in [3.05, 3.63) is 21.5 Å². The van der Waals surface area contributed by atoms with E-state index in [0.29, 0.717) is 0 Å². The Kier molecular flexibility index (Phi) is 1.36. The highest BCUT2D eigenvalue weighted by atomic mass is 32.2. The fraction of sp³-hybridized carbons (Fsp3) is 0. The van der Waals surface area contributed by atoms with Gasteiger partial charge in [-0.25, -0.2) is 0 Å². The van der Waals surface area contributed by atoms with Gasteiger partial charge in [0, 0.05) is 53.8 Å². The van der Waals surface area contributed by atoms with E-state index in [4.69, 9.17) is 0 Å². The lowest BCUT2D eigenvalue weighted by Crippen LogP contribution is -1.69. The van der Waals surface area contributed by atoms with E-state index < -0.39 is 0 Å². The number of thiophene rings is 4. The van der Waals surface area contributed by atoms with E-state index in [1.807, 2.05) is 45.3 Å². The van der Waals surface area contributed by atoms with Gasteiger partial charge in [-0.1, -0.05) is 0 Å². The van der Waals surface area contributed by atoms with Crippen LogP contribution < -0.4 is 0 Å². The Balaban J connectivity index is 2.42. The second kappa shape index (κ2) is 2.59. The third kappa shape index (κ3) is 0.768. The Bertz CT molecular complexity index is 795. The molecule has 76 valence electrons. The van der Waals surface area contributed by atoms with Crippen LogP contribution in [0.2, 0.25) is 0 Å². The summed E-state index contributed by atoms with van der Waals surface area (Å²) in [6.07, 6.45) is 0. The quantitative estimate of drug-likeness (QED) is 0.326. The molecule has 4 heterocycles. The lowest BCUT2D eigenvalue weighted by molar-refractivity contribution is 2.20. The van der Waals surface area contributed by atoms with E-state index in [1.54, 1.807) is 0 Å². The maximum atomic E-state index is 2.33. The lowest BCUT2D eigenvalue weighted by atomic mass is 10.0. The van der Waals surface area contributed by atoms with Crippen LogP contribution in [0.5, 0.6) is 0 Å². The largest absolute Gasteiger partial charge is 0.132 e. The topological polar surface area (TPSA) is 0 Å². The molecular formula is C12H4S4. The summed E-state index contributed by atoms with van der Waals surface area (Å²) in [7, 11) is 0. The zero-order valence-corrected chi connectivity index (χ0v) is 11.2. The molecule has 5 rings (SSSR count). The van der Waals surface area contributed by atoms with Gasteiger partial charge in [0.25, 0.3) is 0 Å². The second-order valence-corrected chi connectivity index (χ2v) is 7.96. The van der Waals surface area contributed by atoms with Crippen molar-refractivity contribution in [2.75, 3.05) is 0 Å². The molecule has 0 amide bonds. The van der Waals surface area contributed by atoms with Crippen molar-refractivity contribution < 1.29 is 0 Å². The Morgan fingerprint density at radius 1 is 0.500 bits per heavy atom. The van der Waals surface area contributed by atoms with Gasteiger partial charge < -0.3 is 0 Å². The van der Waals surface area contributed by atoms with Gasteiger partial charge in [-0.2, -0.15) is 0 Å². The summed E-state index contributed by atoms with van der Waals surface area (Å²) >= 11 is 7.55. The lowest BCUT2D eigenvalue weighted by Gasteiger charge is -1.96. The zero-order valence-electron chi connectivity index (χ0n) is 7.94. The maximum absolute atomic E-state index is 2.33. The van der Waals surface area contributed by atoms with Crippen molar-refractivity contribution in [3.63, 3.8) is 0 Å². The molecule has 0 spiro atoms. The van der Waals surface area contributed by atoms with E-state index in [1.165, 1.54) is 40.3 Å². The third-order valence-corrected chi connectivity index (χ3v) is 7.44. The molecule has 4 heteroatoms. The first-order valence-corrected chi connectivity index (χ1v) is 8.43. The summed E-state index contributed by atoms with van der Waals surface area (Å²) in [5.74, 6) is 0. The molecule has 0 aliphatic heterocycles. The van der Waals surface area contributed by atoms with E-state index >= 15 is 0 Å². The number of benzene rings is 1. The Labute approximate surface area is 107 Å². The van der Waals surface area contributed by atoms with Crippen LogP contribution in [0.1, 0.15) is 0 Å². The third-order valence-electron chi connectivity index (χ3n) is 3.20. The summed E-state index contributed by atoms with van der Waals surface area (Å²) < 4.78 is 2.95. The minimum atomic E-state index is 1.47. The van der Waals surface area contributed by atoms with Crippen molar-refractivity contribution in [2.45, 2.75) is 0 Å². The van der Waals surface area contributed by atoms with Gasteiger partial charge in [0.2, 0.25) is 0 Å². The van der Waals surface area contributed by atoms with Gasteiger partial charge >= 0.3 is 0 Å². The maximum Gasteiger partial charge on any atom is 0.0877 e. The predicted octanol–water partition coefficient (Wildman–Crippen LogP) is 5.98. The Hall–Kier alpha value is -0.680. The molecule has 5 aromatic rings. The standard InChI is InChI=1S/C12H4S4/c1-5-6-2-15-12-10(6)8(4-16-12)7-3-14-11(13-1)9(5)7/h1-4H. The van der Waals surface area contributed by atoms with Gasteiger partial charge in [0.1, 0.15) is 0 Å². The van der Waals surface area contributed by atoms with E-state index in [0.717, 1.165) is 0 Å². The minimum Gasteiger partial charge on any atom is -0.132 e. The Morgan fingerprint density at radius 2 is 0.812 bits per heavy atom. The van der Waals surface area contributed by atoms with Gasteiger partial charge in [-0.15, -0.1) is 45.3 Å². The van der Waals surface area contributed by atoms with Crippen LogP contribution in [-0.4, -0.2) is 0 Å². The van der Waals surface area contributed by atoms with Gasteiger partial charge in [-0.05, 0) is 0 Å². The molecule has 0 saturated heterocycles. The first-order chi connectivity index (χ1) is 7.93. The fourth-order valence-corrected chi connectivity index (χ4v) is 6.75. The van der Waals surface area contributed by atoms with Crippen LogP contribution in [0.3, 0.4) is 0 Å². The van der Waals surface area contributed by atoms with Crippen molar-refractivity contribution in [2.24, 2.45) is 0 Å². The van der Waals surface area contributed by atoms with E-state index in [-0.39, 0.29) is 0 Å². The summed E-state index contributed by atoms with van der Waals surface area (Å²) in [5.41, 5.74) is 0. The molecule has 0 unspecified atom stereocenters. The summed E-state index contributed by atoms with van der Waals surface area (Å²) in [4.78, 5) is 0. The van der Waals surface area contributed by atoms with Crippen LogP contribution in [0, 0.1) is 0 Å². The number of hydrogen-bond acceptors (Lipinski definition) is 4. The molecule has 0 saturated carbocycles. The van der Waals surface area contributed by atoms with Crippen LogP contribution in [0.15, 0.2) is 21.5 Å². The molecule has 0 fully saturated rings. The molecule has 0 radical (unpaired) electrons. The first-order valence-electron chi connectivity index (χ1n) is 4.91. The van der Waals surface area contributed by atoms with Crippen molar-refractivity contribution >= 4 is 85.7 Å². The molecular weight excluding hydrogens is 272 g/mol. The van der Waals surface area contributed by atoms with E-state index in [9.17, 15) is 0 Å². The van der Waals surface area contributed by atoms with E-state index in [2.05, 4.69) is 21.5 Å². The molecule has 0 N–H and O–H groups in total. The minimum absolute atomic E-state index is 1.47. The van der Waals surface area contributed by atoms with Gasteiger partial charge in [0.15, 0.2) is 0 Å². The molecule has 0 nitrogen and oxygen atoms in total. The molecule has 16 heavy (non-hydrogen) atoms. The normalized spacial score (nSPS) is 13.0. The van der Waals surface area contributed by atoms with Crippen LogP contribution in [0.25, 0.3) is 40.3 Å². The van der Waals surface area contributed by atoms with Crippen molar-refractivity contribution in [1.29, 1.82) is 0 Å². The number of fused-ring (bicyclic) bond motifs is 2. The van der Waals surface area contributed by atoms with Crippen LogP contribution >= 0.6 is 45.3 Å². The van der Waals surface area contributed by atoms with Gasteiger partial charge in [0.05, 0.1) is 8.03 Å². The summed E-state index contributed by atoms with van der Waals surface area (Å²) in [6.45, 7) is 0. The molecule has 0 aliphatic carbocycles. The predicted molar refractivity (Wildman–Crippen MR) is 79.2 cm³/mol. The van der Waals surface area contributed by atoms with Crippen molar-refractivity contribution in [1.82, 2.24) is 0 Å². The molecule has 1 aromatic carbocycles. The van der Waals surface area contributed by atoms with Crippen LogP contribution in [-0.2, 0) is 0 Å². The number of hydrogen-bond donors (Lipinski definition) is 0. The van der Waals surface area contributed by atoms with Crippen LogP contribution in [0.4, 0.5) is 0 Å². The smallest absolute Gasteiger partial charge is 0.0877 e. The monoisotopic (exact) mass is 276 g/mol. The molecule has 0 aliphatic rings. The molecule has 0 bridgehead atoms. The highest BCUT2D eigenvalue weighted by Crippen LogP contribution is 2.49. The molecule has 4 aromatic heterocycles. The summed E-state index contributed by atoms with van der Waals surface area (Å²) in [6, 6.07) is 0. The second-order valence-electron chi connectivity index (χ2n) is 3.92. The highest BCUT2D eigenvalue weighted by molar-refractivity contribution is 7.39. The summed E-state index contributed by atoms with van der Waals surface area (Å²) in [5, 5.41) is 18.2. The average Bonchev–Trinajstić information content (AvgIpc) is 2.97. The first kappa shape index (κ1) is 8.42.